The van der Waals surface area contributed by atoms with E-state index >= 15 is 0 Å². The standard InChI is InChI=1S/C16H13Cl2NO4S/c17-10-5-6-14(12(18)7-10)23-8-16(20)19-13-9-24(21,22)15-4-2-1-3-11(13)15/h1-7,13H,8-9H2,(H,19,20). The van der Waals surface area contributed by atoms with Crippen LogP contribution in [0.4, 0.5) is 0 Å². The largest absolute Gasteiger partial charge is 0.482 e. The first-order chi connectivity index (χ1) is 11.4. The van der Waals surface area contributed by atoms with Gasteiger partial charge in [0.1, 0.15) is 5.75 Å². The van der Waals surface area contributed by atoms with E-state index in [9.17, 15) is 13.2 Å². The molecule has 1 atom stereocenters. The summed E-state index contributed by atoms with van der Waals surface area (Å²) >= 11 is 11.8. The Kier molecular flexibility index (Phi) is 4.71. The smallest absolute Gasteiger partial charge is 0.258 e. The fraction of sp³-hybridized carbons (Fsp3) is 0.188. The third-order valence-electron chi connectivity index (χ3n) is 3.60. The summed E-state index contributed by atoms with van der Waals surface area (Å²) in [7, 11) is -3.37. The highest BCUT2D eigenvalue weighted by Crippen LogP contribution is 2.33. The van der Waals surface area contributed by atoms with E-state index in [0.717, 1.165) is 0 Å². The molecule has 2 aromatic rings. The molecule has 0 radical (unpaired) electrons. The molecule has 126 valence electrons. The lowest BCUT2D eigenvalue weighted by Gasteiger charge is -2.13. The minimum atomic E-state index is -3.37. The van der Waals surface area contributed by atoms with Gasteiger partial charge in [-0.05, 0) is 29.8 Å². The van der Waals surface area contributed by atoms with E-state index in [-0.39, 0.29) is 17.3 Å². The molecule has 24 heavy (non-hydrogen) atoms. The van der Waals surface area contributed by atoms with E-state index in [1.165, 1.54) is 6.07 Å². The third kappa shape index (κ3) is 3.50. The maximum atomic E-state index is 12.1. The van der Waals surface area contributed by atoms with Crippen LogP contribution in [0.5, 0.6) is 5.75 Å². The Morgan fingerprint density at radius 3 is 2.71 bits per heavy atom. The number of rotatable bonds is 4. The molecule has 0 aromatic heterocycles. The van der Waals surface area contributed by atoms with E-state index in [4.69, 9.17) is 27.9 Å². The number of sulfone groups is 1. The Labute approximate surface area is 149 Å². The van der Waals surface area contributed by atoms with Crippen molar-refractivity contribution in [1.82, 2.24) is 5.32 Å². The van der Waals surface area contributed by atoms with Gasteiger partial charge in [0, 0.05) is 5.02 Å². The van der Waals surface area contributed by atoms with Crippen molar-refractivity contribution in [2.45, 2.75) is 10.9 Å². The SMILES string of the molecule is O=C(COc1ccc(Cl)cc1Cl)NC1CS(=O)(=O)c2ccccc21. The van der Waals surface area contributed by atoms with Crippen molar-refractivity contribution in [2.75, 3.05) is 12.4 Å². The second-order valence-corrected chi connectivity index (χ2v) is 8.15. The zero-order chi connectivity index (χ0) is 17.3. The summed E-state index contributed by atoms with van der Waals surface area (Å²) in [6.45, 7) is -0.278. The fourth-order valence-electron chi connectivity index (χ4n) is 2.54. The molecule has 0 spiro atoms. The molecule has 0 bridgehead atoms. The van der Waals surface area contributed by atoms with Gasteiger partial charge in [-0.1, -0.05) is 41.4 Å². The number of amides is 1. The Hall–Kier alpha value is -1.76. The average molecular weight is 386 g/mol. The predicted octanol–water partition coefficient (Wildman–Crippen LogP) is 3.02. The lowest BCUT2D eigenvalue weighted by Crippen LogP contribution is -2.33. The van der Waals surface area contributed by atoms with E-state index in [1.807, 2.05) is 0 Å². The first-order valence-corrected chi connectivity index (χ1v) is 9.46. The van der Waals surface area contributed by atoms with Crippen LogP contribution in [0.15, 0.2) is 47.4 Å². The van der Waals surface area contributed by atoms with Gasteiger partial charge in [-0.15, -0.1) is 0 Å². The Balaban J connectivity index is 1.66. The molecule has 0 saturated carbocycles. The number of hydrogen-bond acceptors (Lipinski definition) is 4. The van der Waals surface area contributed by atoms with Crippen LogP contribution in [0, 0.1) is 0 Å². The number of carbonyl (C=O) groups is 1. The van der Waals surface area contributed by atoms with Crippen molar-refractivity contribution in [3.05, 3.63) is 58.1 Å². The van der Waals surface area contributed by atoms with Gasteiger partial charge in [-0.2, -0.15) is 0 Å². The summed E-state index contributed by atoms with van der Waals surface area (Å²) in [6.07, 6.45) is 0. The maximum absolute atomic E-state index is 12.1. The van der Waals surface area contributed by atoms with Crippen LogP contribution in [0.3, 0.4) is 0 Å². The van der Waals surface area contributed by atoms with Gasteiger partial charge >= 0.3 is 0 Å². The number of nitrogens with one attached hydrogen (secondary N) is 1. The molecule has 1 heterocycles. The topological polar surface area (TPSA) is 72.5 Å². The highest BCUT2D eigenvalue weighted by Gasteiger charge is 2.35. The second-order valence-electron chi connectivity index (χ2n) is 5.30. The van der Waals surface area contributed by atoms with Gasteiger partial charge in [-0.25, -0.2) is 8.42 Å². The maximum Gasteiger partial charge on any atom is 0.258 e. The van der Waals surface area contributed by atoms with Crippen molar-refractivity contribution < 1.29 is 17.9 Å². The van der Waals surface area contributed by atoms with Crippen LogP contribution in [0.2, 0.25) is 10.0 Å². The van der Waals surface area contributed by atoms with Crippen molar-refractivity contribution in [2.24, 2.45) is 0 Å². The quantitative estimate of drug-likeness (QED) is 0.877. The van der Waals surface area contributed by atoms with Gasteiger partial charge in [0.25, 0.3) is 5.91 Å². The Morgan fingerprint density at radius 2 is 1.96 bits per heavy atom. The summed E-state index contributed by atoms with van der Waals surface area (Å²) < 4.78 is 29.5. The van der Waals surface area contributed by atoms with Crippen LogP contribution < -0.4 is 10.1 Å². The van der Waals surface area contributed by atoms with E-state index in [1.54, 1.807) is 36.4 Å². The van der Waals surface area contributed by atoms with Crippen LogP contribution in [0.1, 0.15) is 11.6 Å². The number of benzene rings is 2. The molecule has 2 aromatic carbocycles. The van der Waals surface area contributed by atoms with Crippen molar-refractivity contribution >= 4 is 38.9 Å². The number of halogens is 2. The Bertz CT molecular complexity index is 899. The van der Waals surface area contributed by atoms with Crippen molar-refractivity contribution in [1.29, 1.82) is 0 Å². The summed E-state index contributed by atoms with van der Waals surface area (Å²) in [6, 6.07) is 10.7. The minimum Gasteiger partial charge on any atom is -0.482 e. The second kappa shape index (κ2) is 6.63. The van der Waals surface area contributed by atoms with E-state index in [2.05, 4.69) is 5.32 Å². The monoisotopic (exact) mass is 385 g/mol. The summed E-state index contributed by atoms with van der Waals surface area (Å²) in [5, 5.41) is 3.44. The summed E-state index contributed by atoms with van der Waals surface area (Å²) in [5.74, 6) is -0.256. The van der Waals surface area contributed by atoms with Crippen LogP contribution in [-0.4, -0.2) is 26.7 Å². The van der Waals surface area contributed by atoms with Crippen LogP contribution >= 0.6 is 23.2 Å². The molecule has 0 fully saturated rings. The van der Waals surface area contributed by atoms with Gasteiger partial charge in [0.05, 0.1) is 21.7 Å². The molecular weight excluding hydrogens is 373 g/mol. The molecule has 1 aliphatic heterocycles. The summed E-state index contributed by atoms with van der Waals surface area (Å²) in [5.41, 5.74) is 0.593. The van der Waals surface area contributed by atoms with Gasteiger partial charge in [-0.3, -0.25) is 4.79 Å². The molecule has 0 saturated heterocycles. The number of fused-ring (bicyclic) bond motifs is 1. The molecule has 1 amide bonds. The number of ether oxygens (including phenoxy) is 1. The minimum absolute atomic E-state index is 0.153. The molecule has 8 heteroatoms. The fourth-order valence-corrected chi connectivity index (χ4v) is 4.74. The summed E-state index contributed by atoms with van der Waals surface area (Å²) in [4.78, 5) is 12.3. The van der Waals surface area contributed by atoms with Gasteiger partial charge < -0.3 is 10.1 Å². The first-order valence-electron chi connectivity index (χ1n) is 7.06. The van der Waals surface area contributed by atoms with Crippen molar-refractivity contribution in [3.63, 3.8) is 0 Å². The normalized spacial score (nSPS) is 18.0. The third-order valence-corrected chi connectivity index (χ3v) is 5.95. The highest BCUT2D eigenvalue weighted by atomic mass is 35.5. The lowest BCUT2D eigenvalue weighted by atomic mass is 10.1. The van der Waals surface area contributed by atoms with Crippen molar-refractivity contribution in [3.8, 4) is 5.75 Å². The van der Waals surface area contributed by atoms with Crippen LogP contribution in [-0.2, 0) is 14.6 Å². The van der Waals surface area contributed by atoms with Gasteiger partial charge in [0.15, 0.2) is 16.4 Å². The molecule has 0 aliphatic carbocycles. The molecule has 1 aliphatic rings. The lowest BCUT2D eigenvalue weighted by molar-refractivity contribution is -0.123. The van der Waals surface area contributed by atoms with Crippen LogP contribution in [0.25, 0.3) is 0 Å². The molecule has 3 rings (SSSR count). The number of carbonyl (C=O) groups excluding carboxylic acids is 1. The Morgan fingerprint density at radius 1 is 1.21 bits per heavy atom. The molecule has 1 unspecified atom stereocenters. The number of hydrogen-bond donors (Lipinski definition) is 1. The van der Waals surface area contributed by atoms with E-state index < -0.39 is 21.8 Å². The zero-order valence-electron chi connectivity index (χ0n) is 12.3. The highest BCUT2D eigenvalue weighted by molar-refractivity contribution is 7.91. The predicted molar refractivity (Wildman–Crippen MR) is 91.3 cm³/mol. The molecular formula is C16H13Cl2NO4S. The first kappa shape index (κ1) is 17.1. The average Bonchev–Trinajstić information content (AvgIpc) is 2.78. The molecule has 1 N–H and O–H groups in total. The van der Waals surface area contributed by atoms with Gasteiger partial charge in [0.2, 0.25) is 0 Å². The van der Waals surface area contributed by atoms with E-state index in [0.29, 0.717) is 21.4 Å². The molecule has 5 nitrogen and oxygen atoms in total. The zero-order valence-corrected chi connectivity index (χ0v) is 14.7.